The second-order valence-corrected chi connectivity index (χ2v) is 14.3. The van der Waals surface area contributed by atoms with Gasteiger partial charge in [-0.1, -0.05) is 78.2 Å². The zero-order valence-electron chi connectivity index (χ0n) is 23.5. The van der Waals surface area contributed by atoms with Crippen molar-refractivity contribution in [1.82, 2.24) is 0 Å². The van der Waals surface area contributed by atoms with Crippen molar-refractivity contribution in [3.05, 3.63) is 22.8 Å². The van der Waals surface area contributed by atoms with Crippen molar-refractivity contribution < 1.29 is 5.11 Å². The Hall–Kier alpha value is -0.560. The predicted octanol–water partition coefficient (Wildman–Crippen LogP) is 9.12. The molecule has 0 heterocycles. The third kappa shape index (κ3) is 3.65. The van der Waals surface area contributed by atoms with E-state index in [1.165, 1.54) is 57.8 Å². The SMILES string of the molecule is CC=C(CCC(C)C1CCC2(C)C3=C(CCC12C)C1(C)CCC(O)C(C)(C)C1CC3)C(C)C. The molecule has 4 aliphatic rings. The lowest BCUT2D eigenvalue weighted by molar-refractivity contribution is -0.0962. The summed E-state index contributed by atoms with van der Waals surface area (Å²) in [6, 6.07) is 0. The molecule has 0 radical (unpaired) electrons. The smallest absolute Gasteiger partial charge is 0.0594 e. The van der Waals surface area contributed by atoms with Crippen LogP contribution in [-0.4, -0.2) is 11.2 Å². The summed E-state index contributed by atoms with van der Waals surface area (Å²) in [5, 5.41) is 10.8. The van der Waals surface area contributed by atoms with Gasteiger partial charge < -0.3 is 5.11 Å². The van der Waals surface area contributed by atoms with E-state index in [9.17, 15) is 5.11 Å². The summed E-state index contributed by atoms with van der Waals surface area (Å²) in [5.74, 6) is 2.98. The maximum absolute atomic E-state index is 10.8. The van der Waals surface area contributed by atoms with E-state index in [0.717, 1.165) is 18.3 Å². The second-order valence-electron chi connectivity index (χ2n) is 14.3. The van der Waals surface area contributed by atoms with Gasteiger partial charge in [0.05, 0.1) is 6.10 Å². The number of aliphatic hydroxyl groups is 1. The van der Waals surface area contributed by atoms with Crippen LogP contribution in [0.3, 0.4) is 0 Å². The summed E-state index contributed by atoms with van der Waals surface area (Å²) < 4.78 is 0. The Morgan fingerprint density at radius 2 is 1.64 bits per heavy atom. The fourth-order valence-corrected chi connectivity index (χ4v) is 9.99. The Morgan fingerprint density at radius 1 is 0.939 bits per heavy atom. The average Bonchev–Trinajstić information content (AvgIpc) is 3.03. The summed E-state index contributed by atoms with van der Waals surface area (Å²) >= 11 is 0. The highest BCUT2D eigenvalue weighted by atomic mass is 16.3. The normalized spacial score (nSPS) is 43.8. The van der Waals surface area contributed by atoms with Crippen LogP contribution in [0.4, 0.5) is 0 Å². The Labute approximate surface area is 205 Å². The molecule has 7 unspecified atom stereocenters. The van der Waals surface area contributed by atoms with Gasteiger partial charge in [-0.05, 0) is 116 Å². The summed E-state index contributed by atoms with van der Waals surface area (Å²) in [7, 11) is 0. The van der Waals surface area contributed by atoms with Crippen molar-refractivity contribution in [3.63, 3.8) is 0 Å². The Balaban J connectivity index is 1.61. The third-order valence-electron chi connectivity index (χ3n) is 12.5. The zero-order valence-corrected chi connectivity index (χ0v) is 23.5. The molecule has 0 aliphatic heterocycles. The van der Waals surface area contributed by atoms with Crippen LogP contribution in [0.1, 0.15) is 127 Å². The molecule has 2 saturated carbocycles. The maximum atomic E-state index is 10.8. The van der Waals surface area contributed by atoms with Crippen LogP contribution in [0.25, 0.3) is 0 Å². The molecule has 33 heavy (non-hydrogen) atoms. The highest BCUT2D eigenvalue weighted by molar-refractivity contribution is 5.38. The van der Waals surface area contributed by atoms with Crippen LogP contribution in [0.15, 0.2) is 22.8 Å². The van der Waals surface area contributed by atoms with Crippen LogP contribution in [0.2, 0.25) is 0 Å². The van der Waals surface area contributed by atoms with Crippen molar-refractivity contribution >= 4 is 0 Å². The van der Waals surface area contributed by atoms with E-state index in [0.29, 0.717) is 28.1 Å². The van der Waals surface area contributed by atoms with Crippen molar-refractivity contribution in [2.24, 2.45) is 45.3 Å². The third-order valence-corrected chi connectivity index (χ3v) is 12.5. The van der Waals surface area contributed by atoms with Gasteiger partial charge in [-0.15, -0.1) is 0 Å². The molecule has 0 amide bonds. The highest BCUT2D eigenvalue weighted by Gasteiger charge is 2.63. The first-order valence-electron chi connectivity index (χ1n) is 14.4. The summed E-state index contributed by atoms with van der Waals surface area (Å²) in [6.07, 6.45) is 15.1. The minimum atomic E-state index is -0.133. The summed E-state index contributed by atoms with van der Waals surface area (Å²) in [5.41, 5.74) is 6.57. The minimum Gasteiger partial charge on any atom is -0.393 e. The molecule has 1 heteroatoms. The van der Waals surface area contributed by atoms with E-state index in [-0.39, 0.29) is 11.5 Å². The van der Waals surface area contributed by atoms with Gasteiger partial charge in [-0.25, -0.2) is 0 Å². The van der Waals surface area contributed by atoms with Gasteiger partial charge in [0.1, 0.15) is 0 Å². The lowest BCUT2D eigenvalue weighted by Gasteiger charge is -2.62. The Kier molecular flexibility index (Phi) is 6.60. The average molecular weight is 455 g/mol. The van der Waals surface area contributed by atoms with Gasteiger partial charge in [0.15, 0.2) is 0 Å². The van der Waals surface area contributed by atoms with Crippen LogP contribution >= 0.6 is 0 Å². The molecule has 0 bridgehead atoms. The molecule has 1 N–H and O–H groups in total. The molecule has 7 atom stereocenters. The first-order chi connectivity index (χ1) is 15.3. The lowest BCUT2D eigenvalue weighted by Crippen LogP contribution is -2.55. The molecule has 2 fully saturated rings. The van der Waals surface area contributed by atoms with E-state index in [2.05, 4.69) is 68.4 Å². The first kappa shape index (κ1) is 25.5. The fraction of sp³-hybridized carbons (Fsp3) is 0.875. The number of rotatable bonds is 5. The van der Waals surface area contributed by atoms with Crippen molar-refractivity contribution in [3.8, 4) is 0 Å². The molecule has 1 nitrogen and oxygen atoms in total. The van der Waals surface area contributed by atoms with Crippen LogP contribution < -0.4 is 0 Å². The second kappa shape index (κ2) is 8.53. The van der Waals surface area contributed by atoms with Gasteiger partial charge in [0, 0.05) is 0 Å². The topological polar surface area (TPSA) is 20.2 Å². The van der Waals surface area contributed by atoms with Gasteiger partial charge in [0.25, 0.3) is 0 Å². The number of hydrogen-bond donors (Lipinski definition) is 1. The summed E-state index contributed by atoms with van der Waals surface area (Å²) in [6.45, 7) is 22.2. The number of hydrogen-bond acceptors (Lipinski definition) is 1. The number of aliphatic hydroxyl groups excluding tert-OH is 1. The molecule has 188 valence electrons. The minimum absolute atomic E-state index is 0.0425. The zero-order chi connectivity index (χ0) is 24.4. The van der Waals surface area contributed by atoms with Crippen molar-refractivity contribution in [2.45, 2.75) is 133 Å². The molecule has 0 aromatic heterocycles. The first-order valence-corrected chi connectivity index (χ1v) is 14.4. The van der Waals surface area contributed by atoms with Crippen LogP contribution in [0.5, 0.6) is 0 Å². The standard InChI is InChI=1S/C32H54O/c1-10-23(21(2)3)12-11-22(4)24-15-19-32(9)26-13-14-27-29(5,6)28(33)17-18-30(27,7)25(26)16-20-31(24,32)8/h10,21-22,24,27-28,33H,11-20H2,1-9H3. The van der Waals surface area contributed by atoms with Gasteiger partial charge in [-0.3, -0.25) is 0 Å². The Morgan fingerprint density at radius 3 is 2.27 bits per heavy atom. The number of allylic oxidation sites excluding steroid dienone is 4. The van der Waals surface area contributed by atoms with Crippen molar-refractivity contribution in [1.29, 1.82) is 0 Å². The largest absolute Gasteiger partial charge is 0.393 e. The van der Waals surface area contributed by atoms with Gasteiger partial charge in [-0.2, -0.15) is 0 Å². The molecule has 0 saturated heterocycles. The van der Waals surface area contributed by atoms with Crippen LogP contribution in [0, 0.1) is 45.3 Å². The fourth-order valence-electron chi connectivity index (χ4n) is 9.99. The quantitative estimate of drug-likeness (QED) is 0.411. The maximum Gasteiger partial charge on any atom is 0.0594 e. The highest BCUT2D eigenvalue weighted by Crippen LogP contribution is 2.72. The van der Waals surface area contributed by atoms with E-state index < -0.39 is 0 Å². The monoisotopic (exact) mass is 454 g/mol. The molecule has 0 aromatic carbocycles. The lowest BCUT2D eigenvalue weighted by atomic mass is 9.43. The summed E-state index contributed by atoms with van der Waals surface area (Å²) in [4.78, 5) is 0. The predicted molar refractivity (Wildman–Crippen MR) is 142 cm³/mol. The number of fused-ring (bicyclic) bond motifs is 4. The molecule has 4 aliphatic carbocycles. The van der Waals surface area contributed by atoms with Crippen molar-refractivity contribution in [2.75, 3.05) is 0 Å². The van der Waals surface area contributed by atoms with E-state index in [1.807, 2.05) is 11.1 Å². The Bertz CT molecular complexity index is 814. The van der Waals surface area contributed by atoms with Gasteiger partial charge >= 0.3 is 0 Å². The van der Waals surface area contributed by atoms with Crippen LogP contribution in [-0.2, 0) is 0 Å². The molecular weight excluding hydrogens is 400 g/mol. The molecule has 4 rings (SSSR count). The molecule has 0 aromatic rings. The van der Waals surface area contributed by atoms with E-state index >= 15 is 0 Å². The molecular formula is C32H54O. The van der Waals surface area contributed by atoms with Gasteiger partial charge in [0.2, 0.25) is 0 Å². The van der Waals surface area contributed by atoms with E-state index in [1.54, 1.807) is 5.57 Å². The molecule has 0 spiro atoms. The van der Waals surface area contributed by atoms with E-state index in [4.69, 9.17) is 0 Å².